The van der Waals surface area contributed by atoms with Crippen molar-refractivity contribution in [1.29, 1.82) is 0 Å². The molecule has 3 aromatic carbocycles. The summed E-state index contributed by atoms with van der Waals surface area (Å²) in [5.41, 5.74) is 8.93. The molecule has 0 saturated carbocycles. The molecule has 0 amide bonds. The molecule has 8 nitrogen and oxygen atoms in total. The maximum atomic E-state index is 12.6. The van der Waals surface area contributed by atoms with Crippen molar-refractivity contribution in [3.05, 3.63) is 94.6 Å². The van der Waals surface area contributed by atoms with Crippen molar-refractivity contribution in [2.24, 2.45) is 10.7 Å². The van der Waals surface area contributed by atoms with Crippen LogP contribution in [0.15, 0.2) is 88.8 Å². The summed E-state index contributed by atoms with van der Waals surface area (Å²) in [4.78, 5) is 4.18. The van der Waals surface area contributed by atoms with E-state index < -0.39 is 10.0 Å². The van der Waals surface area contributed by atoms with Gasteiger partial charge in [0.15, 0.2) is 0 Å². The Labute approximate surface area is 213 Å². The predicted molar refractivity (Wildman–Crippen MR) is 138 cm³/mol. The molecule has 0 radical (unpaired) electrons. The van der Waals surface area contributed by atoms with Crippen LogP contribution in [0.25, 0.3) is 16.9 Å². The van der Waals surface area contributed by atoms with Gasteiger partial charge in [-0.15, -0.1) is 0 Å². The topological polar surface area (TPSA) is 112 Å². The third-order valence-electron chi connectivity index (χ3n) is 4.97. The smallest absolute Gasteiger partial charge is 0.264 e. The van der Waals surface area contributed by atoms with E-state index in [0.717, 1.165) is 16.9 Å². The molecule has 1 heterocycles. The van der Waals surface area contributed by atoms with E-state index in [1.807, 2.05) is 30.3 Å². The Morgan fingerprint density at radius 1 is 1.03 bits per heavy atom. The number of rotatable bonds is 7. The molecule has 1 aromatic heterocycles. The lowest BCUT2D eigenvalue weighted by Gasteiger charge is -2.08. The highest BCUT2D eigenvalue weighted by molar-refractivity contribution is 7.90. The fourth-order valence-electron chi connectivity index (χ4n) is 3.28. The molecular formula is C24H21Cl2N5O3S. The Balaban J connectivity index is 1.60. The zero-order valence-corrected chi connectivity index (χ0v) is 20.8. The number of benzene rings is 3. The second-order valence-electron chi connectivity index (χ2n) is 7.40. The SMILES string of the molecule is COc1cccc(S(=O)(=O)NC(N)=NCc2cc(-c3ccc(Cl)cc3)n(-c3ccc(Cl)cc3)n2)c1. The molecule has 0 fully saturated rings. The lowest BCUT2D eigenvalue weighted by molar-refractivity contribution is 0.413. The Bertz CT molecular complexity index is 1410. The maximum Gasteiger partial charge on any atom is 0.264 e. The van der Waals surface area contributed by atoms with E-state index in [0.29, 0.717) is 21.5 Å². The van der Waals surface area contributed by atoms with E-state index in [-0.39, 0.29) is 17.4 Å². The van der Waals surface area contributed by atoms with E-state index in [1.165, 1.54) is 19.2 Å². The molecule has 0 atom stereocenters. The van der Waals surface area contributed by atoms with E-state index in [9.17, 15) is 8.42 Å². The van der Waals surface area contributed by atoms with Crippen LogP contribution in [-0.4, -0.2) is 31.3 Å². The summed E-state index contributed by atoms with van der Waals surface area (Å²) in [5, 5.41) is 5.87. The second kappa shape index (κ2) is 10.4. The van der Waals surface area contributed by atoms with Gasteiger partial charge in [0.05, 0.1) is 35.6 Å². The van der Waals surface area contributed by atoms with Crippen LogP contribution in [0, 0.1) is 0 Å². The predicted octanol–water partition coefficient (Wildman–Crippen LogP) is 4.65. The van der Waals surface area contributed by atoms with Crippen molar-refractivity contribution in [3.8, 4) is 22.7 Å². The van der Waals surface area contributed by atoms with E-state index in [1.54, 1.807) is 41.1 Å². The molecule has 3 N–H and O–H groups in total. The molecule has 11 heteroatoms. The number of sulfonamides is 1. The molecule has 0 aliphatic heterocycles. The van der Waals surface area contributed by atoms with Crippen molar-refractivity contribution in [1.82, 2.24) is 14.5 Å². The van der Waals surface area contributed by atoms with Crippen molar-refractivity contribution < 1.29 is 13.2 Å². The quantitative estimate of drug-likeness (QED) is 0.267. The summed E-state index contributed by atoms with van der Waals surface area (Å²) in [6.45, 7) is 0.0492. The molecule has 4 rings (SSSR count). The van der Waals surface area contributed by atoms with E-state index >= 15 is 0 Å². The Kier molecular flexibility index (Phi) is 7.30. The third kappa shape index (κ3) is 5.94. The molecule has 0 aliphatic carbocycles. The van der Waals surface area contributed by atoms with Gasteiger partial charge in [0.1, 0.15) is 5.75 Å². The van der Waals surface area contributed by atoms with Crippen LogP contribution in [0.5, 0.6) is 5.75 Å². The fourth-order valence-corrected chi connectivity index (χ4v) is 4.51. The lowest BCUT2D eigenvalue weighted by Crippen LogP contribution is -2.36. The van der Waals surface area contributed by atoms with Crippen LogP contribution in [0.3, 0.4) is 0 Å². The monoisotopic (exact) mass is 529 g/mol. The second-order valence-corrected chi connectivity index (χ2v) is 9.96. The number of methoxy groups -OCH3 is 1. The number of aromatic nitrogens is 2. The van der Waals surface area contributed by atoms with Crippen molar-refractivity contribution in [2.75, 3.05) is 7.11 Å². The molecule has 0 bridgehead atoms. The largest absolute Gasteiger partial charge is 0.497 e. The van der Waals surface area contributed by atoms with Crippen LogP contribution in [0.1, 0.15) is 5.69 Å². The molecule has 0 aliphatic rings. The number of nitrogens with one attached hydrogen (secondary N) is 1. The van der Waals surface area contributed by atoms with Gasteiger partial charge in [0.2, 0.25) is 5.96 Å². The zero-order valence-electron chi connectivity index (χ0n) is 18.5. The van der Waals surface area contributed by atoms with Gasteiger partial charge >= 0.3 is 0 Å². The normalized spacial score (nSPS) is 11.9. The first kappa shape index (κ1) is 24.6. The van der Waals surface area contributed by atoms with E-state index in [2.05, 4.69) is 14.8 Å². The van der Waals surface area contributed by atoms with Crippen molar-refractivity contribution in [2.45, 2.75) is 11.4 Å². The minimum Gasteiger partial charge on any atom is -0.497 e. The highest BCUT2D eigenvalue weighted by Gasteiger charge is 2.16. The van der Waals surface area contributed by atoms with Crippen molar-refractivity contribution in [3.63, 3.8) is 0 Å². The Morgan fingerprint density at radius 3 is 2.34 bits per heavy atom. The van der Waals surface area contributed by atoms with E-state index in [4.69, 9.17) is 33.7 Å². The van der Waals surface area contributed by atoms with Crippen LogP contribution >= 0.6 is 23.2 Å². The van der Waals surface area contributed by atoms with Gasteiger partial charge in [0.25, 0.3) is 10.0 Å². The number of nitrogens with two attached hydrogens (primary N) is 1. The number of ether oxygens (including phenoxy) is 1. The number of halogens is 2. The first-order chi connectivity index (χ1) is 16.7. The average molecular weight is 530 g/mol. The van der Waals surface area contributed by atoms with Crippen LogP contribution < -0.4 is 15.2 Å². The zero-order chi connectivity index (χ0) is 25.0. The van der Waals surface area contributed by atoms with Gasteiger partial charge in [-0.05, 0) is 54.6 Å². The summed E-state index contributed by atoms with van der Waals surface area (Å²) in [7, 11) is -2.48. The van der Waals surface area contributed by atoms with Crippen molar-refractivity contribution >= 4 is 39.2 Å². The first-order valence-electron chi connectivity index (χ1n) is 10.3. The molecule has 0 spiro atoms. The molecule has 0 unspecified atom stereocenters. The molecule has 0 saturated heterocycles. The molecule has 4 aromatic rings. The number of nitrogens with zero attached hydrogens (tertiary/aromatic N) is 3. The number of aliphatic imine (C=N–C) groups is 1. The molecule has 35 heavy (non-hydrogen) atoms. The lowest BCUT2D eigenvalue weighted by atomic mass is 10.1. The van der Waals surface area contributed by atoms with Gasteiger partial charge in [-0.25, -0.2) is 22.8 Å². The Hall–Kier alpha value is -3.53. The first-order valence-corrected chi connectivity index (χ1v) is 12.6. The number of hydrogen-bond donors (Lipinski definition) is 2. The summed E-state index contributed by atoms with van der Waals surface area (Å²) >= 11 is 12.1. The van der Waals surface area contributed by atoms with Gasteiger partial charge in [-0.2, -0.15) is 5.10 Å². The van der Waals surface area contributed by atoms with Gasteiger partial charge in [0, 0.05) is 21.7 Å². The summed E-state index contributed by atoms with van der Waals surface area (Å²) < 4.78 is 34.4. The standard InChI is InChI=1S/C24H21Cl2N5O3S/c1-34-21-3-2-4-22(14-21)35(32,33)30-24(27)28-15-19-13-23(16-5-7-17(25)8-6-16)31(29-19)20-11-9-18(26)10-12-20/h2-14H,15H2,1H3,(H3,27,28,30). The Morgan fingerprint density at radius 2 is 1.69 bits per heavy atom. The minimum absolute atomic E-state index is 0.00652. The minimum atomic E-state index is -3.93. The van der Waals surface area contributed by atoms with Crippen LogP contribution in [0.2, 0.25) is 10.0 Å². The van der Waals surface area contributed by atoms with Gasteiger partial charge in [-0.1, -0.05) is 41.4 Å². The maximum absolute atomic E-state index is 12.6. The highest BCUT2D eigenvalue weighted by atomic mass is 35.5. The summed E-state index contributed by atoms with van der Waals surface area (Å²) in [6, 6.07) is 22.5. The number of hydrogen-bond acceptors (Lipinski definition) is 5. The highest BCUT2D eigenvalue weighted by Crippen LogP contribution is 2.26. The average Bonchev–Trinajstić information content (AvgIpc) is 3.28. The molecular weight excluding hydrogens is 509 g/mol. The molecule has 180 valence electrons. The number of guanidine groups is 1. The third-order valence-corrected chi connectivity index (χ3v) is 6.83. The summed E-state index contributed by atoms with van der Waals surface area (Å²) in [6.07, 6.45) is 0. The summed E-state index contributed by atoms with van der Waals surface area (Å²) in [5.74, 6) is 0.146. The van der Waals surface area contributed by atoms with Gasteiger partial charge < -0.3 is 10.5 Å². The van der Waals surface area contributed by atoms with Gasteiger partial charge in [-0.3, -0.25) is 0 Å². The van der Waals surface area contributed by atoms with Crippen LogP contribution in [-0.2, 0) is 16.6 Å². The van der Waals surface area contributed by atoms with Crippen LogP contribution in [0.4, 0.5) is 0 Å². The fraction of sp³-hybridized carbons (Fsp3) is 0.0833.